The smallest absolute Gasteiger partial charge is 0.255 e. The molecule has 33 heavy (non-hydrogen) atoms. The maximum Gasteiger partial charge on any atom is 0.255 e. The fourth-order valence-corrected chi connectivity index (χ4v) is 5.46. The van der Waals surface area contributed by atoms with Gasteiger partial charge in [-0.3, -0.25) is 19.5 Å². The van der Waals surface area contributed by atoms with Gasteiger partial charge in [0, 0.05) is 57.8 Å². The van der Waals surface area contributed by atoms with E-state index in [4.69, 9.17) is 0 Å². The van der Waals surface area contributed by atoms with E-state index in [1.165, 1.54) is 24.0 Å². The average molecular weight is 448 g/mol. The van der Waals surface area contributed by atoms with Crippen LogP contribution in [0.5, 0.6) is 0 Å². The molecule has 174 valence electrons. The number of anilines is 2. The molecule has 0 bridgehead atoms. The number of fused-ring (bicyclic) bond motifs is 1. The molecule has 2 saturated heterocycles. The Morgan fingerprint density at radius 3 is 2.73 bits per heavy atom. The lowest BCUT2D eigenvalue weighted by atomic mass is 9.87. The second kappa shape index (κ2) is 9.14. The van der Waals surface area contributed by atoms with E-state index in [-0.39, 0.29) is 17.9 Å². The summed E-state index contributed by atoms with van der Waals surface area (Å²) >= 11 is 0. The van der Waals surface area contributed by atoms with E-state index in [0.29, 0.717) is 17.9 Å². The Morgan fingerprint density at radius 1 is 1.12 bits per heavy atom. The fraction of sp³-hybridized carbons (Fsp3) is 0.500. The van der Waals surface area contributed by atoms with Crippen LogP contribution in [0, 0.1) is 0 Å². The summed E-state index contributed by atoms with van der Waals surface area (Å²) in [6.07, 6.45) is 7.56. The first-order valence-corrected chi connectivity index (χ1v) is 12.1. The Hall–Kier alpha value is -2.93. The molecule has 2 amide bonds. The summed E-state index contributed by atoms with van der Waals surface area (Å²) in [6.45, 7) is 6.87. The van der Waals surface area contributed by atoms with Gasteiger partial charge in [0.2, 0.25) is 5.91 Å². The van der Waals surface area contributed by atoms with E-state index < -0.39 is 0 Å². The van der Waals surface area contributed by atoms with E-state index in [2.05, 4.69) is 33.1 Å². The SMILES string of the molecule is CC1CN(C2CCN(C)C(=O)C2)Cc2cc(C(=O)Nc3cncc(N4CCCC4)c3)ccc21. The largest absolute Gasteiger partial charge is 0.370 e. The van der Waals surface area contributed by atoms with Crippen LogP contribution in [-0.4, -0.2) is 65.9 Å². The molecule has 0 radical (unpaired) electrons. The second-order valence-electron chi connectivity index (χ2n) is 9.79. The number of piperidine rings is 1. The summed E-state index contributed by atoms with van der Waals surface area (Å²) in [6, 6.07) is 8.35. The van der Waals surface area contributed by atoms with Crippen LogP contribution in [0.2, 0.25) is 0 Å². The van der Waals surface area contributed by atoms with Gasteiger partial charge in [-0.15, -0.1) is 0 Å². The van der Waals surface area contributed by atoms with E-state index in [1.54, 1.807) is 6.20 Å². The van der Waals surface area contributed by atoms with Crippen LogP contribution in [-0.2, 0) is 11.3 Å². The van der Waals surface area contributed by atoms with Crippen molar-refractivity contribution in [3.05, 3.63) is 53.3 Å². The number of carbonyl (C=O) groups is 2. The number of nitrogens with zero attached hydrogens (tertiary/aromatic N) is 4. The Labute approximate surface area is 195 Å². The van der Waals surface area contributed by atoms with Crippen molar-refractivity contribution in [1.29, 1.82) is 0 Å². The molecule has 3 aliphatic heterocycles. The normalized spacial score (nSPS) is 23.5. The number of pyridine rings is 1. The lowest BCUT2D eigenvalue weighted by Crippen LogP contribution is -2.48. The zero-order valence-electron chi connectivity index (χ0n) is 19.6. The number of aromatic nitrogens is 1. The van der Waals surface area contributed by atoms with E-state index >= 15 is 0 Å². The molecule has 1 aromatic heterocycles. The van der Waals surface area contributed by atoms with Crippen molar-refractivity contribution in [3.63, 3.8) is 0 Å². The molecule has 0 spiro atoms. The number of benzene rings is 1. The predicted octanol–water partition coefficient (Wildman–Crippen LogP) is 3.47. The molecular weight excluding hydrogens is 414 g/mol. The molecule has 1 N–H and O–H groups in total. The molecular formula is C26H33N5O2. The van der Waals surface area contributed by atoms with Gasteiger partial charge in [0.1, 0.15) is 0 Å². The molecule has 3 aliphatic rings. The van der Waals surface area contributed by atoms with Gasteiger partial charge in [-0.2, -0.15) is 0 Å². The molecule has 0 saturated carbocycles. The Bertz CT molecular complexity index is 1050. The van der Waals surface area contributed by atoms with Crippen molar-refractivity contribution >= 4 is 23.2 Å². The summed E-state index contributed by atoms with van der Waals surface area (Å²) in [5, 5.41) is 3.03. The first-order chi connectivity index (χ1) is 16.0. The number of likely N-dealkylation sites (tertiary alicyclic amines) is 1. The minimum absolute atomic E-state index is 0.114. The molecule has 7 nitrogen and oxygen atoms in total. The zero-order chi connectivity index (χ0) is 22.9. The summed E-state index contributed by atoms with van der Waals surface area (Å²) in [5.41, 5.74) is 4.94. The summed E-state index contributed by atoms with van der Waals surface area (Å²) in [4.78, 5) is 36.2. The summed E-state index contributed by atoms with van der Waals surface area (Å²) < 4.78 is 0. The third kappa shape index (κ3) is 4.60. The maximum atomic E-state index is 13.1. The Balaban J connectivity index is 1.30. The summed E-state index contributed by atoms with van der Waals surface area (Å²) in [5.74, 6) is 0.488. The van der Waals surface area contributed by atoms with Gasteiger partial charge in [-0.1, -0.05) is 13.0 Å². The van der Waals surface area contributed by atoms with Crippen molar-refractivity contribution in [1.82, 2.24) is 14.8 Å². The van der Waals surface area contributed by atoms with Crippen molar-refractivity contribution < 1.29 is 9.59 Å². The lowest BCUT2D eigenvalue weighted by Gasteiger charge is -2.41. The van der Waals surface area contributed by atoms with Gasteiger partial charge in [0.25, 0.3) is 5.91 Å². The lowest BCUT2D eigenvalue weighted by molar-refractivity contribution is -0.134. The van der Waals surface area contributed by atoms with Crippen LogP contribution in [0.25, 0.3) is 0 Å². The highest BCUT2D eigenvalue weighted by molar-refractivity contribution is 6.04. The van der Waals surface area contributed by atoms with Gasteiger partial charge >= 0.3 is 0 Å². The van der Waals surface area contributed by atoms with Crippen LogP contribution in [0.15, 0.2) is 36.7 Å². The number of hydrogen-bond acceptors (Lipinski definition) is 5. The van der Waals surface area contributed by atoms with Gasteiger partial charge in [-0.25, -0.2) is 0 Å². The van der Waals surface area contributed by atoms with Crippen molar-refractivity contribution in [2.45, 2.75) is 51.1 Å². The molecule has 2 fully saturated rings. The van der Waals surface area contributed by atoms with E-state index in [0.717, 1.165) is 50.5 Å². The van der Waals surface area contributed by atoms with Crippen LogP contribution < -0.4 is 10.2 Å². The first-order valence-electron chi connectivity index (χ1n) is 12.1. The van der Waals surface area contributed by atoms with Crippen LogP contribution >= 0.6 is 0 Å². The minimum atomic E-state index is -0.114. The van der Waals surface area contributed by atoms with Crippen LogP contribution in [0.3, 0.4) is 0 Å². The number of rotatable bonds is 4. The third-order valence-electron chi connectivity index (χ3n) is 7.42. The minimum Gasteiger partial charge on any atom is -0.370 e. The van der Waals surface area contributed by atoms with Crippen LogP contribution in [0.4, 0.5) is 11.4 Å². The predicted molar refractivity (Wildman–Crippen MR) is 130 cm³/mol. The van der Waals surface area contributed by atoms with E-state index in [9.17, 15) is 9.59 Å². The number of carbonyl (C=O) groups excluding carboxylic acids is 2. The fourth-order valence-electron chi connectivity index (χ4n) is 5.46. The van der Waals surface area contributed by atoms with Crippen LogP contribution in [0.1, 0.15) is 60.0 Å². The molecule has 4 heterocycles. The molecule has 2 unspecified atom stereocenters. The first kappa shape index (κ1) is 21.9. The van der Waals surface area contributed by atoms with Crippen molar-refractivity contribution in [2.24, 2.45) is 0 Å². The van der Waals surface area contributed by atoms with Gasteiger partial charge in [0.15, 0.2) is 0 Å². The Morgan fingerprint density at radius 2 is 1.94 bits per heavy atom. The number of amides is 2. The monoisotopic (exact) mass is 447 g/mol. The van der Waals surface area contributed by atoms with E-state index in [1.807, 2.05) is 36.3 Å². The number of hydrogen-bond donors (Lipinski definition) is 1. The Kier molecular flexibility index (Phi) is 6.06. The molecule has 5 rings (SSSR count). The molecule has 2 aromatic rings. The quantitative estimate of drug-likeness (QED) is 0.777. The zero-order valence-corrected chi connectivity index (χ0v) is 19.6. The average Bonchev–Trinajstić information content (AvgIpc) is 3.36. The molecule has 0 aliphatic carbocycles. The molecule has 2 atom stereocenters. The molecule has 7 heteroatoms. The van der Waals surface area contributed by atoms with Gasteiger partial charge in [-0.05, 0) is 54.5 Å². The highest BCUT2D eigenvalue weighted by atomic mass is 16.2. The summed E-state index contributed by atoms with van der Waals surface area (Å²) in [7, 11) is 1.88. The number of nitrogens with one attached hydrogen (secondary N) is 1. The highest BCUT2D eigenvalue weighted by Crippen LogP contribution is 2.32. The van der Waals surface area contributed by atoms with Gasteiger partial charge in [0.05, 0.1) is 23.8 Å². The highest BCUT2D eigenvalue weighted by Gasteiger charge is 2.32. The van der Waals surface area contributed by atoms with Crippen molar-refractivity contribution in [2.75, 3.05) is 43.4 Å². The third-order valence-corrected chi connectivity index (χ3v) is 7.42. The standard InChI is InChI=1S/C26H33N5O2/c1-18-16-31(22-7-10-29(2)25(32)13-22)17-20-11-19(5-6-24(18)20)26(33)28-21-12-23(15-27-14-21)30-8-3-4-9-30/h5-6,11-12,14-15,18,22H,3-4,7-10,13,16-17H2,1-2H3,(H,28,33). The second-order valence-corrected chi connectivity index (χ2v) is 9.79. The maximum absolute atomic E-state index is 13.1. The van der Waals surface area contributed by atoms with Gasteiger partial charge < -0.3 is 15.1 Å². The van der Waals surface area contributed by atoms with Crippen molar-refractivity contribution in [3.8, 4) is 0 Å². The molecule has 1 aromatic carbocycles. The topological polar surface area (TPSA) is 68.8 Å².